The summed E-state index contributed by atoms with van der Waals surface area (Å²) in [5, 5.41) is 9.64. The summed E-state index contributed by atoms with van der Waals surface area (Å²) in [5.41, 5.74) is 0.718. The van der Waals surface area contributed by atoms with Crippen molar-refractivity contribution < 1.29 is 24.2 Å². The van der Waals surface area contributed by atoms with Gasteiger partial charge in [0.1, 0.15) is 11.8 Å². The van der Waals surface area contributed by atoms with Crippen LogP contribution < -0.4 is 9.64 Å². The van der Waals surface area contributed by atoms with E-state index >= 15 is 0 Å². The van der Waals surface area contributed by atoms with Crippen LogP contribution in [0.5, 0.6) is 5.75 Å². The van der Waals surface area contributed by atoms with Gasteiger partial charge in [-0.25, -0.2) is 0 Å². The maximum absolute atomic E-state index is 14.5. The lowest BCUT2D eigenvalue weighted by Crippen LogP contribution is -2.55. The zero-order valence-electron chi connectivity index (χ0n) is 24.7. The molecule has 2 unspecified atom stereocenters. The lowest BCUT2D eigenvalue weighted by Gasteiger charge is -2.38. The molecule has 3 aliphatic rings. The number of aliphatic hydroxyl groups is 1. The topological polar surface area (TPSA) is 90.4 Å². The largest absolute Gasteiger partial charge is 0.494 e. The van der Waals surface area contributed by atoms with Crippen LogP contribution in [-0.2, 0) is 14.4 Å². The Morgan fingerprint density at radius 1 is 1.12 bits per heavy atom. The molecule has 3 aliphatic heterocycles. The number of hydrogen-bond donors (Lipinski definition) is 1. The van der Waals surface area contributed by atoms with Gasteiger partial charge < -0.3 is 24.5 Å². The fourth-order valence-corrected chi connectivity index (χ4v) is 9.38. The highest BCUT2D eigenvalue weighted by Crippen LogP contribution is 2.71. The average Bonchev–Trinajstić information content (AvgIpc) is 3.53. The summed E-state index contributed by atoms with van der Waals surface area (Å²) in [6, 6.07) is 6.74. The number of aliphatic hydroxyl groups excluding tert-OH is 1. The van der Waals surface area contributed by atoms with Crippen molar-refractivity contribution in [3.63, 3.8) is 0 Å². The monoisotopic (exact) mass is 583 g/mol. The molecule has 0 saturated carbocycles. The van der Waals surface area contributed by atoms with Gasteiger partial charge >= 0.3 is 0 Å². The first kappa shape index (κ1) is 31.2. The third-order valence-electron chi connectivity index (χ3n) is 8.81. The van der Waals surface area contributed by atoms with Gasteiger partial charge in [0.15, 0.2) is 0 Å². The average molecular weight is 584 g/mol. The minimum atomic E-state index is -0.691. The molecule has 1 N–H and O–H groups in total. The number of fused-ring (bicyclic) bond motifs is 1. The van der Waals surface area contributed by atoms with E-state index < -0.39 is 27.4 Å². The number of benzene rings is 1. The summed E-state index contributed by atoms with van der Waals surface area (Å²) < 4.78 is 4.42. The summed E-state index contributed by atoms with van der Waals surface area (Å²) in [5.74, 6) is -0.816. The van der Waals surface area contributed by atoms with Crippen molar-refractivity contribution in [1.82, 2.24) is 9.80 Å². The molecule has 3 fully saturated rings. The third kappa shape index (κ3) is 5.55. The number of likely N-dealkylation sites (tertiary alicyclic amines) is 1. The fourth-order valence-electron chi connectivity index (χ4n) is 7.04. The van der Waals surface area contributed by atoms with Crippen LogP contribution in [0.1, 0.15) is 52.9 Å². The summed E-state index contributed by atoms with van der Waals surface area (Å²) >= 11 is 1.67. The van der Waals surface area contributed by atoms with E-state index in [9.17, 15) is 19.5 Å². The van der Waals surface area contributed by atoms with E-state index in [1.807, 2.05) is 36.1 Å². The molecule has 1 aromatic rings. The molecule has 1 aromatic carbocycles. The number of unbranched alkanes of at least 4 members (excludes halogenated alkanes) is 1. The Morgan fingerprint density at radius 2 is 1.83 bits per heavy atom. The first-order valence-corrected chi connectivity index (χ1v) is 15.7. The molecule has 4 rings (SSSR count). The number of rotatable bonds is 15. The molecule has 5 atom stereocenters. The van der Waals surface area contributed by atoms with Gasteiger partial charge in [-0.15, -0.1) is 24.9 Å². The number of carbonyl (C=O) groups excluding carboxylic acids is 3. The number of hydrogen-bond acceptors (Lipinski definition) is 6. The van der Waals surface area contributed by atoms with Gasteiger partial charge in [0, 0.05) is 43.2 Å². The Balaban J connectivity index is 1.74. The van der Waals surface area contributed by atoms with Crippen molar-refractivity contribution >= 4 is 35.2 Å². The quantitative estimate of drug-likeness (QED) is 0.310. The van der Waals surface area contributed by atoms with E-state index in [0.717, 1.165) is 30.7 Å². The number of anilines is 1. The van der Waals surface area contributed by atoms with E-state index in [-0.39, 0.29) is 30.9 Å². The van der Waals surface area contributed by atoms with Crippen LogP contribution >= 0.6 is 11.8 Å². The molecule has 8 nitrogen and oxygen atoms in total. The molecule has 3 saturated heterocycles. The Bertz CT molecular complexity index is 1140. The number of thioether (sulfide) groups is 1. The van der Waals surface area contributed by atoms with E-state index in [4.69, 9.17) is 4.74 Å². The molecular weight excluding hydrogens is 538 g/mol. The third-order valence-corrected chi connectivity index (χ3v) is 10.8. The molecule has 0 aromatic heterocycles. The minimum Gasteiger partial charge on any atom is -0.494 e. The van der Waals surface area contributed by atoms with Crippen LogP contribution in [0.15, 0.2) is 49.6 Å². The van der Waals surface area contributed by atoms with Crippen LogP contribution in [-0.4, -0.2) is 87.6 Å². The summed E-state index contributed by atoms with van der Waals surface area (Å²) in [7, 11) is 0. The number of amides is 3. The van der Waals surface area contributed by atoms with Gasteiger partial charge in [-0.3, -0.25) is 14.4 Å². The lowest BCUT2D eigenvalue weighted by atomic mass is 9.66. The molecule has 224 valence electrons. The molecule has 9 heteroatoms. The SMILES string of the molecule is C=CCN(CCCC)C(=O)C1N(CCCO)C(=O)[C@@H]2[C@H](C(=O)N(CC=C)c3ccc(OCC)cc3)[C@]3(C)CCC12S3. The van der Waals surface area contributed by atoms with Crippen LogP contribution in [0.4, 0.5) is 5.69 Å². The zero-order valence-corrected chi connectivity index (χ0v) is 25.5. The molecule has 1 spiro atoms. The Hall–Kier alpha value is -2.78. The van der Waals surface area contributed by atoms with Crippen LogP contribution in [0.3, 0.4) is 0 Å². The van der Waals surface area contributed by atoms with Gasteiger partial charge in [-0.05, 0) is 63.8 Å². The van der Waals surface area contributed by atoms with E-state index in [1.165, 1.54) is 0 Å². The van der Waals surface area contributed by atoms with Gasteiger partial charge in [0.05, 0.1) is 23.2 Å². The first-order valence-electron chi connectivity index (χ1n) is 14.9. The van der Waals surface area contributed by atoms with Crippen molar-refractivity contribution in [2.24, 2.45) is 11.8 Å². The van der Waals surface area contributed by atoms with Crippen molar-refractivity contribution in [1.29, 1.82) is 0 Å². The van der Waals surface area contributed by atoms with Gasteiger partial charge in [0.2, 0.25) is 17.7 Å². The van der Waals surface area contributed by atoms with Crippen molar-refractivity contribution in [3.8, 4) is 5.75 Å². The molecule has 0 aliphatic carbocycles. The standard InChI is InChI=1S/C32H45N3O5S/c1-6-10-20-33(18-7-2)30(39)27-32-17-16-31(5,41-32)25(26(32)29(38)35(27)21-11-22-36)28(37)34(19-8-3)23-12-14-24(15-13-23)40-9-4/h7-8,12-15,25-27,36H,2-3,6,9-11,16-22H2,1,4-5H3/t25-,26+,27?,31+,32?/m1/s1. The fraction of sp³-hybridized carbons (Fsp3) is 0.594. The Morgan fingerprint density at radius 3 is 2.44 bits per heavy atom. The molecule has 41 heavy (non-hydrogen) atoms. The maximum Gasteiger partial charge on any atom is 0.247 e. The Kier molecular flexibility index (Phi) is 9.90. The van der Waals surface area contributed by atoms with Gasteiger partial charge in [-0.1, -0.05) is 25.5 Å². The van der Waals surface area contributed by atoms with Crippen molar-refractivity contribution in [2.45, 2.75) is 68.4 Å². The van der Waals surface area contributed by atoms with Crippen molar-refractivity contribution in [2.75, 3.05) is 44.3 Å². The number of carbonyl (C=O) groups is 3. The highest BCUT2D eigenvalue weighted by molar-refractivity contribution is 8.02. The first-order chi connectivity index (χ1) is 19.7. The second-order valence-corrected chi connectivity index (χ2v) is 13.3. The highest BCUT2D eigenvalue weighted by atomic mass is 32.2. The summed E-state index contributed by atoms with van der Waals surface area (Å²) in [6.45, 7) is 15.9. The predicted molar refractivity (Wildman–Crippen MR) is 164 cm³/mol. The smallest absolute Gasteiger partial charge is 0.247 e. The summed E-state index contributed by atoms with van der Waals surface area (Å²) in [4.78, 5) is 48.3. The van der Waals surface area contributed by atoms with Crippen LogP contribution in [0, 0.1) is 11.8 Å². The van der Waals surface area contributed by atoms with Crippen molar-refractivity contribution in [3.05, 3.63) is 49.6 Å². The zero-order chi connectivity index (χ0) is 29.8. The maximum atomic E-state index is 14.5. The van der Waals surface area contributed by atoms with Gasteiger partial charge in [-0.2, -0.15) is 0 Å². The second kappa shape index (κ2) is 13.0. The molecule has 3 amide bonds. The normalized spacial score (nSPS) is 28.0. The lowest BCUT2D eigenvalue weighted by molar-refractivity contribution is -0.143. The Labute approximate surface area is 248 Å². The van der Waals surface area contributed by atoms with E-state index in [2.05, 4.69) is 27.0 Å². The highest BCUT2D eigenvalue weighted by Gasteiger charge is 2.77. The van der Waals surface area contributed by atoms with Gasteiger partial charge in [0.25, 0.3) is 0 Å². The minimum absolute atomic E-state index is 0.0768. The second-order valence-electron chi connectivity index (χ2n) is 11.4. The number of ether oxygens (including phenoxy) is 1. The molecule has 0 radical (unpaired) electrons. The predicted octanol–water partition coefficient (Wildman–Crippen LogP) is 4.28. The van der Waals surface area contributed by atoms with E-state index in [0.29, 0.717) is 39.1 Å². The van der Waals surface area contributed by atoms with Crippen LogP contribution in [0.25, 0.3) is 0 Å². The molecule has 2 bridgehead atoms. The summed E-state index contributed by atoms with van der Waals surface area (Å²) in [6.07, 6.45) is 7.05. The molecular formula is C32H45N3O5S. The molecule has 3 heterocycles. The van der Waals surface area contributed by atoms with E-state index in [1.54, 1.807) is 33.7 Å². The number of nitrogens with zero attached hydrogens (tertiary/aromatic N) is 3. The van der Waals surface area contributed by atoms with Crippen LogP contribution in [0.2, 0.25) is 0 Å².